The largest absolute Gasteiger partial charge is 0.497 e. The van der Waals surface area contributed by atoms with Crippen molar-refractivity contribution in [3.05, 3.63) is 59.7 Å². The molecule has 152 valence electrons. The molecule has 1 fully saturated rings. The van der Waals surface area contributed by atoms with Gasteiger partial charge >= 0.3 is 0 Å². The lowest BCUT2D eigenvalue weighted by Crippen LogP contribution is -2.42. The Balaban J connectivity index is 1.48. The van der Waals surface area contributed by atoms with Gasteiger partial charge in [0.25, 0.3) is 0 Å². The van der Waals surface area contributed by atoms with E-state index < -0.39 is 0 Å². The highest BCUT2D eigenvalue weighted by atomic mass is 16.5. The van der Waals surface area contributed by atoms with Gasteiger partial charge in [-0.25, -0.2) is 0 Å². The highest BCUT2D eigenvalue weighted by molar-refractivity contribution is 5.96. The van der Waals surface area contributed by atoms with Crippen LogP contribution in [0.4, 0.5) is 5.69 Å². The van der Waals surface area contributed by atoms with Crippen LogP contribution in [0.15, 0.2) is 48.5 Å². The van der Waals surface area contributed by atoms with Crippen LogP contribution in [0.25, 0.3) is 0 Å². The van der Waals surface area contributed by atoms with Crippen molar-refractivity contribution in [2.45, 2.75) is 26.2 Å². The number of benzene rings is 2. The molecule has 0 aliphatic carbocycles. The fraction of sp³-hybridized carbons (Fsp3) is 0.348. The van der Waals surface area contributed by atoms with Gasteiger partial charge in [0.05, 0.1) is 13.5 Å². The number of piperidine rings is 1. The number of rotatable bonds is 6. The second kappa shape index (κ2) is 9.37. The lowest BCUT2D eigenvalue weighted by molar-refractivity contribution is -0.133. The molecule has 2 aromatic rings. The summed E-state index contributed by atoms with van der Waals surface area (Å²) in [5, 5.41) is 2.91. The third-order valence-electron chi connectivity index (χ3n) is 5.29. The van der Waals surface area contributed by atoms with E-state index in [1.807, 2.05) is 29.2 Å². The quantitative estimate of drug-likeness (QED) is 0.763. The fourth-order valence-corrected chi connectivity index (χ4v) is 3.45. The highest BCUT2D eigenvalue weighted by Gasteiger charge is 2.27. The van der Waals surface area contributed by atoms with Crippen LogP contribution in [-0.2, 0) is 16.0 Å². The average molecular weight is 394 g/mol. The van der Waals surface area contributed by atoms with Crippen molar-refractivity contribution in [2.24, 2.45) is 5.92 Å². The molecular weight excluding hydrogens is 368 g/mol. The number of likely N-dealkylation sites (tertiary alicyclic amines) is 1. The molecule has 1 aliphatic heterocycles. The van der Waals surface area contributed by atoms with Gasteiger partial charge in [0, 0.05) is 30.3 Å². The molecule has 6 nitrogen and oxygen atoms in total. The molecule has 0 aromatic heterocycles. The molecule has 6 heteroatoms. The van der Waals surface area contributed by atoms with Crippen LogP contribution in [0.1, 0.15) is 35.7 Å². The first kappa shape index (κ1) is 20.6. The Morgan fingerprint density at radius 3 is 2.17 bits per heavy atom. The van der Waals surface area contributed by atoms with Crippen LogP contribution in [-0.4, -0.2) is 42.7 Å². The van der Waals surface area contributed by atoms with Crippen LogP contribution >= 0.6 is 0 Å². The van der Waals surface area contributed by atoms with Crippen molar-refractivity contribution in [3.63, 3.8) is 0 Å². The van der Waals surface area contributed by atoms with Gasteiger partial charge in [0.1, 0.15) is 5.75 Å². The number of nitrogens with one attached hydrogen (secondary N) is 1. The molecule has 3 rings (SSSR count). The van der Waals surface area contributed by atoms with Crippen molar-refractivity contribution in [2.75, 3.05) is 25.5 Å². The maximum atomic E-state index is 12.5. The number of nitrogens with zero attached hydrogens (tertiary/aromatic N) is 1. The Hall–Kier alpha value is -3.15. The summed E-state index contributed by atoms with van der Waals surface area (Å²) in [5.41, 5.74) is 2.24. The summed E-state index contributed by atoms with van der Waals surface area (Å²) in [4.78, 5) is 38.2. The second-order valence-corrected chi connectivity index (χ2v) is 7.30. The molecule has 29 heavy (non-hydrogen) atoms. The molecule has 2 aromatic carbocycles. The molecule has 1 saturated heterocycles. The minimum absolute atomic E-state index is 0.00504. The number of amides is 2. The fourth-order valence-electron chi connectivity index (χ4n) is 3.45. The van der Waals surface area contributed by atoms with Crippen LogP contribution in [0.3, 0.4) is 0 Å². The van der Waals surface area contributed by atoms with Crippen LogP contribution in [0, 0.1) is 5.92 Å². The molecule has 0 spiro atoms. The molecule has 0 unspecified atom stereocenters. The predicted molar refractivity (Wildman–Crippen MR) is 111 cm³/mol. The molecule has 0 radical (unpaired) electrons. The van der Waals surface area contributed by atoms with Crippen molar-refractivity contribution in [3.8, 4) is 5.75 Å². The minimum Gasteiger partial charge on any atom is -0.497 e. The monoisotopic (exact) mass is 394 g/mol. The number of anilines is 1. The Morgan fingerprint density at radius 1 is 1.00 bits per heavy atom. The van der Waals surface area contributed by atoms with Gasteiger partial charge in [-0.05, 0) is 61.7 Å². The number of ketones is 1. The number of carbonyl (C=O) groups excluding carboxylic acids is 3. The molecule has 1 aliphatic rings. The number of hydrogen-bond donors (Lipinski definition) is 1. The van der Waals surface area contributed by atoms with Gasteiger partial charge < -0.3 is 15.0 Å². The highest BCUT2D eigenvalue weighted by Crippen LogP contribution is 2.21. The number of methoxy groups -OCH3 is 1. The van der Waals surface area contributed by atoms with E-state index in [9.17, 15) is 14.4 Å². The number of carbonyl (C=O) groups is 3. The molecule has 0 atom stereocenters. The van der Waals surface area contributed by atoms with Gasteiger partial charge in [-0.3, -0.25) is 14.4 Å². The van der Waals surface area contributed by atoms with E-state index in [1.165, 1.54) is 6.92 Å². The van der Waals surface area contributed by atoms with Gasteiger partial charge in [-0.1, -0.05) is 12.1 Å². The normalized spacial score (nSPS) is 14.3. The molecule has 0 saturated carbocycles. The van der Waals surface area contributed by atoms with Gasteiger partial charge in [0.15, 0.2) is 5.78 Å². The standard InChI is InChI=1S/C23H26N2O4/c1-16(26)18-5-7-20(8-6-18)24-23(28)19-11-13-25(14-12-19)22(27)15-17-3-9-21(29-2)10-4-17/h3-10,19H,11-15H2,1-2H3,(H,24,28). The second-order valence-electron chi connectivity index (χ2n) is 7.30. The van der Waals surface area contributed by atoms with Gasteiger partial charge in [0.2, 0.25) is 11.8 Å². The summed E-state index contributed by atoms with van der Waals surface area (Å²) in [6.07, 6.45) is 1.64. The van der Waals surface area contributed by atoms with E-state index in [0.29, 0.717) is 43.6 Å². The Kier molecular flexibility index (Phi) is 6.65. The van der Waals surface area contributed by atoms with E-state index in [-0.39, 0.29) is 23.5 Å². The van der Waals surface area contributed by atoms with Crippen molar-refractivity contribution >= 4 is 23.3 Å². The van der Waals surface area contributed by atoms with Crippen LogP contribution in [0.5, 0.6) is 5.75 Å². The van der Waals surface area contributed by atoms with Gasteiger partial charge in [-0.15, -0.1) is 0 Å². The summed E-state index contributed by atoms with van der Waals surface area (Å²) in [6.45, 7) is 2.67. The van der Waals surface area contributed by atoms with Crippen molar-refractivity contribution < 1.29 is 19.1 Å². The summed E-state index contributed by atoms with van der Waals surface area (Å²) >= 11 is 0. The zero-order chi connectivity index (χ0) is 20.8. The van der Waals surface area contributed by atoms with Crippen molar-refractivity contribution in [1.29, 1.82) is 0 Å². The van der Waals surface area contributed by atoms with Crippen LogP contribution < -0.4 is 10.1 Å². The summed E-state index contributed by atoms with van der Waals surface area (Å²) < 4.78 is 5.14. The summed E-state index contributed by atoms with van der Waals surface area (Å²) in [5.74, 6) is 0.683. The molecule has 1 N–H and O–H groups in total. The average Bonchev–Trinajstić information content (AvgIpc) is 2.74. The van der Waals surface area contributed by atoms with E-state index >= 15 is 0 Å². The zero-order valence-electron chi connectivity index (χ0n) is 16.8. The number of hydrogen-bond acceptors (Lipinski definition) is 4. The predicted octanol–water partition coefficient (Wildman–Crippen LogP) is 3.32. The van der Waals surface area contributed by atoms with Crippen LogP contribution in [0.2, 0.25) is 0 Å². The first-order chi connectivity index (χ1) is 14.0. The first-order valence-electron chi connectivity index (χ1n) is 9.79. The van der Waals surface area contributed by atoms with Gasteiger partial charge in [-0.2, -0.15) is 0 Å². The topological polar surface area (TPSA) is 75.7 Å². The van der Waals surface area contributed by atoms with E-state index in [4.69, 9.17) is 4.74 Å². The van der Waals surface area contributed by atoms with E-state index in [1.54, 1.807) is 31.4 Å². The minimum atomic E-state index is -0.118. The summed E-state index contributed by atoms with van der Waals surface area (Å²) in [6, 6.07) is 14.4. The maximum absolute atomic E-state index is 12.5. The maximum Gasteiger partial charge on any atom is 0.227 e. The number of Topliss-reactive ketones (excluding diaryl/α,β-unsaturated/α-hetero) is 1. The number of ether oxygens (including phenoxy) is 1. The Morgan fingerprint density at radius 2 is 1.62 bits per heavy atom. The lowest BCUT2D eigenvalue weighted by atomic mass is 9.95. The molecule has 2 amide bonds. The van der Waals surface area contributed by atoms with Crippen molar-refractivity contribution in [1.82, 2.24) is 4.90 Å². The Bertz CT molecular complexity index is 867. The molecular formula is C23H26N2O4. The van der Waals surface area contributed by atoms with E-state index in [0.717, 1.165) is 11.3 Å². The summed E-state index contributed by atoms with van der Waals surface area (Å²) in [7, 11) is 1.61. The smallest absolute Gasteiger partial charge is 0.227 e. The Labute approximate surface area is 170 Å². The molecule has 1 heterocycles. The third kappa shape index (κ3) is 5.44. The third-order valence-corrected chi connectivity index (χ3v) is 5.29. The SMILES string of the molecule is COc1ccc(CC(=O)N2CCC(C(=O)Nc3ccc(C(C)=O)cc3)CC2)cc1. The first-order valence-corrected chi connectivity index (χ1v) is 9.79. The molecule has 0 bridgehead atoms. The van der Waals surface area contributed by atoms with E-state index in [2.05, 4.69) is 5.32 Å². The zero-order valence-corrected chi connectivity index (χ0v) is 16.8. The lowest BCUT2D eigenvalue weighted by Gasteiger charge is -2.31.